The molecule has 1 saturated heterocycles. The minimum atomic E-state index is 0.349. The summed E-state index contributed by atoms with van der Waals surface area (Å²) in [5, 5.41) is 0. The molecular weight excluding hydrogens is 162 g/mol. The van der Waals surface area contributed by atoms with Crippen LogP contribution in [0.4, 0.5) is 0 Å². The summed E-state index contributed by atoms with van der Waals surface area (Å²) in [6.45, 7) is 8.40. The zero-order chi connectivity index (χ0) is 9.84. The highest BCUT2D eigenvalue weighted by atomic mass is 16.2. The Kier molecular flexibility index (Phi) is 3.76. The van der Waals surface area contributed by atoms with Crippen LogP contribution in [0.5, 0.6) is 0 Å². The van der Waals surface area contributed by atoms with Crippen LogP contribution in [-0.2, 0) is 4.79 Å². The Morgan fingerprint density at radius 2 is 2.23 bits per heavy atom. The third-order valence-electron chi connectivity index (χ3n) is 2.59. The van der Waals surface area contributed by atoms with Gasteiger partial charge >= 0.3 is 0 Å². The molecule has 1 aliphatic heterocycles. The number of hydrogen-bond donors (Lipinski definition) is 0. The molecule has 0 aromatic rings. The summed E-state index contributed by atoms with van der Waals surface area (Å²) in [5.74, 6) is 1.54. The first-order valence-electron chi connectivity index (χ1n) is 5.37. The molecule has 1 fully saturated rings. The smallest absolute Gasteiger partial charge is 0.222 e. The van der Waals surface area contributed by atoms with Gasteiger partial charge in [0, 0.05) is 19.5 Å². The molecule has 1 aliphatic rings. The van der Waals surface area contributed by atoms with Crippen molar-refractivity contribution >= 4 is 5.91 Å². The maximum absolute atomic E-state index is 11.7. The summed E-state index contributed by atoms with van der Waals surface area (Å²) in [5.41, 5.74) is 0. The molecule has 2 heteroatoms. The number of nitrogens with zero attached hydrogens (tertiary/aromatic N) is 1. The molecule has 0 unspecified atom stereocenters. The van der Waals surface area contributed by atoms with E-state index in [1.807, 2.05) is 4.90 Å². The van der Waals surface area contributed by atoms with Crippen LogP contribution < -0.4 is 0 Å². The van der Waals surface area contributed by atoms with Crippen LogP contribution in [0.25, 0.3) is 0 Å². The lowest BCUT2D eigenvalue weighted by atomic mass is 9.99. The van der Waals surface area contributed by atoms with Gasteiger partial charge in [-0.15, -0.1) is 0 Å². The Bertz CT molecular complexity index is 177. The van der Waals surface area contributed by atoms with E-state index >= 15 is 0 Å². The van der Waals surface area contributed by atoms with Gasteiger partial charge in [-0.25, -0.2) is 0 Å². The number of amides is 1. The van der Waals surface area contributed by atoms with Crippen molar-refractivity contribution in [2.75, 3.05) is 13.1 Å². The second-order valence-electron chi connectivity index (χ2n) is 4.69. The fourth-order valence-corrected chi connectivity index (χ4v) is 1.89. The van der Waals surface area contributed by atoms with Crippen molar-refractivity contribution in [3.05, 3.63) is 0 Å². The lowest BCUT2D eigenvalue weighted by Gasteiger charge is -2.31. The Morgan fingerprint density at radius 3 is 2.77 bits per heavy atom. The molecule has 2 nitrogen and oxygen atoms in total. The molecule has 1 rings (SSSR count). The lowest BCUT2D eigenvalue weighted by Crippen LogP contribution is -2.39. The Hall–Kier alpha value is -0.530. The molecule has 0 radical (unpaired) electrons. The standard InChI is InChI=1S/C11H21NO/c1-9(2)7-11(13)12-6-4-5-10(3)8-12/h9-10H,4-8H2,1-3H3/t10-/m1/s1. The van der Waals surface area contributed by atoms with Gasteiger partial charge < -0.3 is 4.90 Å². The Balaban J connectivity index is 2.37. The van der Waals surface area contributed by atoms with Gasteiger partial charge in [0.05, 0.1) is 0 Å². The first kappa shape index (κ1) is 10.6. The first-order chi connectivity index (χ1) is 6.09. The summed E-state index contributed by atoms with van der Waals surface area (Å²) < 4.78 is 0. The zero-order valence-corrected chi connectivity index (χ0v) is 9.05. The number of carbonyl (C=O) groups excluding carboxylic acids is 1. The topological polar surface area (TPSA) is 20.3 Å². The molecule has 0 aromatic carbocycles. The predicted molar refractivity (Wildman–Crippen MR) is 54.4 cm³/mol. The lowest BCUT2D eigenvalue weighted by molar-refractivity contribution is -0.133. The Labute approximate surface area is 81.3 Å². The van der Waals surface area contributed by atoms with Gasteiger partial charge in [-0.3, -0.25) is 4.79 Å². The third-order valence-corrected chi connectivity index (χ3v) is 2.59. The SMILES string of the molecule is CC(C)CC(=O)N1CCC[C@@H](C)C1. The van der Waals surface area contributed by atoms with E-state index in [0.29, 0.717) is 24.2 Å². The van der Waals surface area contributed by atoms with Crippen molar-refractivity contribution < 1.29 is 4.79 Å². The van der Waals surface area contributed by atoms with Crippen LogP contribution in [-0.4, -0.2) is 23.9 Å². The van der Waals surface area contributed by atoms with E-state index in [1.54, 1.807) is 0 Å². The van der Waals surface area contributed by atoms with Gasteiger partial charge in [-0.05, 0) is 24.7 Å². The molecule has 76 valence electrons. The summed E-state index contributed by atoms with van der Waals surface area (Å²) in [4.78, 5) is 13.7. The number of likely N-dealkylation sites (tertiary alicyclic amines) is 1. The van der Waals surface area contributed by atoms with Crippen molar-refractivity contribution in [1.82, 2.24) is 4.90 Å². The van der Waals surface area contributed by atoms with E-state index in [2.05, 4.69) is 20.8 Å². The van der Waals surface area contributed by atoms with Crippen LogP contribution in [0.15, 0.2) is 0 Å². The summed E-state index contributed by atoms with van der Waals surface area (Å²) in [6.07, 6.45) is 3.18. The second-order valence-corrected chi connectivity index (χ2v) is 4.69. The zero-order valence-electron chi connectivity index (χ0n) is 9.05. The maximum atomic E-state index is 11.7. The minimum Gasteiger partial charge on any atom is -0.342 e. The highest BCUT2D eigenvalue weighted by Crippen LogP contribution is 2.17. The average molecular weight is 183 g/mol. The van der Waals surface area contributed by atoms with E-state index in [-0.39, 0.29) is 0 Å². The van der Waals surface area contributed by atoms with Gasteiger partial charge in [0.2, 0.25) is 5.91 Å². The molecule has 13 heavy (non-hydrogen) atoms. The van der Waals surface area contributed by atoms with Crippen molar-refractivity contribution in [3.63, 3.8) is 0 Å². The molecule has 0 aromatic heterocycles. The van der Waals surface area contributed by atoms with E-state index in [0.717, 1.165) is 13.1 Å². The van der Waals surface area contributed by atoms with Crippen LogP contribution in [0.2, 0.25) is 0 Å². The normalized spacial score (nSPS) is 23.7. The molecule has 0 saturated carbocycles. The molecule has 1 atom stereocenters. The maximum Gasteiger partial charge on any atom is 0.222 e. The highest BCUT2D eigenvalue weighted by Gasteiger charge is 2.20. The van der Waals surface area contributed by atoms with Crippen molar-refractivity contribution in [2.45, 2.75) is 40.0 Å². The van der Waals surface area contributed by atoms with Gasteiger partial charge in [-0.1, -0.05) is 20.8 Å². The molecule has 0 bridgehead atoms. The Morgan fingerprint density at radius 1 is 1.54 bits per heavy atom. The number of carbonyl (C=O) groups is 1. The predicted octanol–water partition coefficient (Wildman–Crippen LogP) is 2.29. The van der Waals surface area contributed by atoms with Gasteiger partial charge in [0.15, 0.2) is 0 Å². The van der Waals surface area contributed by atoms with Gasteiger partial charge in [0.1, 0.15) is 0 Å². The highest BCUT2D eigenvalue weighted by molar-refractivity contribution is 5.76. The largest absolute Gasteiger partial charge is 0.342 e. The quantitative estimate of drug-likeness (QED) is 0.643. The second kappa shape index (κ2) is 4.64. The van der Waals surface area contributed by atoms with Crippen LogP contribution in [0.1, 0.15) is 40.0 Å². The third kappa shape index (κ3) is 3.37. The van der Waals surface area contributed by atoms with Crippen LogP contribution >= 0.6 is 0 Å². The molecule has 1 heterocycles. The summed E-state index contributed by atoms with van der Waals surface area (Å²) in [6, 6.07) is 0. The van der Waals surface area contributed by atoms with Crippen molar-refractivity contribution in [1.29, 1.82) is 0 Å². The summed E-state index contributed by atoms with van der Waals surface area (Å²) in [7, 11) is 0. The monoisotopic (exact) mass is 183 g/mol. The summed E-state index contributed by atoms with van der Waals surface area (Å²) >= 11 is 0. The number of piperidine rings is 1. The number of hydrogen-bond acceptors (Lipinski definition) is 1. The van der Waals surface area contributed by atoms with Crippen LogP contribution in [0.3, 0.4) is 0 Å². The molecule has 0 N–H and O–H groups in total. The van der Waals surface area contributed by atoms with Crippen molar-refractivity contribution in [3.8, 4) is 0 Å². The van der Waals surface area contributed by atoms with E-state index in [4.69, 9.17) is 0 Å². The van der Waals surface area contributed by atoms with Gasteiger partial charge in [0.25, 0.3) is 0 Å². The molecule has 1 amide bonds. The minimum absolute atomic E-state index is 0.349. The van der Waals surface area contributed by atoms with E-state index in [9.17, 15) is 4.79 Å². The molecule has 0 aliphatic carbocycles. The van der Waals surface area contributed by atoms with E-state index in [1.165, 1.54) is 12.8 Å². The average Bonchev–Trinajstić information content (AvgIpc) is 2.03. The van der Waals surface area contributed by atoms with Gasteiger partial charge in [-0.2, -0.15) is 0 Å². The van der Waals surface area contributed by atoms with Crippen LogP contribution in [0, 0.1) is 11.8 Å². The first-order valence-corrected chi connectivity index (χ1v) is 5.37. The van der Waals surface area contributed by atoms with E-state index < -0.39 is 0 Å². The molecular formula is C11H21NO. The fraction of sp³-hybridized carbons (Fsp3) is 0.909. The number of rotatable bonds is 2. The molecule has 0 spiro atoms. The van der Waals surface area contributed by atoms with Crippen molar-refractivity contribution in [2.24, 2.45) is 11.8 Å². The fourth-order valence-electron chi connectivity index (χ4n) is 1.89.